The first-order valence-corrected chi connectivity index (χ1v) is 7.86. The molecule has 0 aliphatic carbocycles. The van der Waals surface area contributed by atoms with Crippen LogP contribution in [0.15, 0.2) is 24.3 Å². The van der Waals surface area contributed by atoms with Gasteiger partial charge in [-0.2, -0.15) is 0 Å². The summed E-state index contributed by atoms with van der Waals surface area (Å²) in [4.78, 5) is 25.5. The van der Waals surface area contributed by atoms with E-state index in [9.17, 15) is 9.59 Å². The molecule has 1 heterocycles. The van der Waals surface area contributed by atoms with E-state index in [1.165, 1.54) is 7.11 Å². The first-order valence-electron chi connectivity index (χ1n) is 7.86. The Hall–Kier alpha value is -2.50. The fourth-order valence-corrected chi connectivity index (χ4v) is 2.73. The Labute approximate surface area is 142 Å². The van der Waals surface area contributed by atoms with Crippen molar-refractivity contribution in [3.8, 4) is 11.5 Å². The molecule has 24 heavy (non-hydrogen) atoms. The number of benzene rings is 1. The molecule has 0 spiro atoms. The second kappa shape index (κ2) is 8.38. The van der Waals surface area contributed by atoms with E-state index < -0.39 is 0 Å². The lowest BCUT2D eigenvalue weighted by Crippen LogP contribution is -2.39. The SMILES string of the molecule is COC(=O)C1CCN(C(=O)C=Cc2ccc(OC)c(OC)c2)CC1. The van der Waals surface area contributed by atoms with Gasteiger partial charge in [-0.3, -0.25) is 9.59 Å². The van der Waals surface area contributed by atoms with Crippen LogP contribution >= 0.6 is 0 Å². The second-order valence-corrected chi connectivity index (χ2v) is 5.57. The first-order chi connectivity index (χ1) is 11.6. The van der Waals surface area contributed by atoms with Crippen LogP contribution in [0.3, 0.4) is 0 Å². The normalized spacial score (nSPS) is 15.4. The predicted molar refractivity (Wildman–Crippen MR) is 89.9 cm³/mol. The summed E-state index contributed by atoms with van der Waals surface area (Å²) in [6, 6.07) is 5.46. The molecule has 1 aromatic rings. The van der Waals surface area contributed by atoms with Crippen molar-refractivity contribution in [3.63, 3.8) is 0 Å². The van der Waals surface area contributed by atoms with Gasteiger partial charge in [0.1, 0.15) is 0 Å². The van der Waals surface area contributed by atoms with E-state index >= 15 is 0 Å². The number of methoxy groups -OCH3 is 3. The van der Waals surface area contributed by atoms with Crippen LogP contribution in [-0.2, 0) is 14.3 Å². The van der Waals surface area contributed by atoms with E-state index in [0.717, 1.165) is 5.56 Å². The van der Waals surface area contributed by atoms with Crippen LogP contribution in [0.2, 0.25) is 0 Å². The minimum absolute atomic E-state index is 0.0619. The number of likely N-dealkylation sites (tertiary alicyclic amines) is 1. The molecule has 6 nitrogen and oxygen atoms in total. The second-order valence-electron chi connectivity index (χ2n) is 5.57. The van der Waals surface area contributed by atoms with Crippen molar-refractivity contribution in [3.05, 3.63) is 29.8 Å². The van der Waals surface area contributed by atoms with Crippen LogP contribution in [0.25, 0.3) is 6.08 Å². The van der Waals surface area contributed by atoms with Crippen molar-refractivity contribution < 1.29 is 23.8 Å². The van der Waals surface area contributed by atoms with E-state index in [0.29, 0.717) is 37.4 Å². The van der Waals surface area contributed by atoms with Gasteiger partial charge in [-0.25, -0.2) is 0 Å². The number of hydrogen-bond donors (Lipinski definition) is 0. The van der Waals surface area contributed by atoms with Crippen LogP contribution in [-0.4, -0.2) is 51.2 Å². The Morgan fingerprint density at radius 1 is 1.08 bits per heavy atom. The lowest BCUT2D eigenvalue weighted by molar-refractivity contribution is -0.148. The molecule has 2 rings (SSSR count). The van der Waals surface area contributed by atoms with Gasteiger partial charge in [0.25, 0.3) is 0 Å². The highest BCUT2D eigenvalue weighted by Gasteiger charge is 2.26. The Balaban J connectivity index is 1.95. The molecule has 6 heteroatoms. The number of piperidine rings is 1. The molecule has 1 amide bonds. The minimum atomic E-state index is -0.192. The summed E-state index contributed by atoms with van der Waals surface area (Å²) in [5.74, 6) is 0.904. The molecule has 1 fully saturated rings. The van der Waals surface area contributed by atoms with Crippen LogP contribution in [0.4, 0.5) is 0 Å². The summed E-state index contributed by atoms with van der Waals surface area (Å²) in [7, 11) is 4.54. The quantitative estimate of drug-likeness (QED) is 0.610. The van der Waals surface area contributed by atoms with Gasteiger partial charge < -0.3 is 19.1 Å². The smallest absolute Gasteiger partial charge is 0.308 e. The Kier molecular flexibility index (Phi) is 6.23. The van der Waals surface area contributed by atoms with E-state index in [4.69, 9.17) is 14.2 Å². The van der Waals surface area contributed by atoms with Gasteiger partial charge in [0.15, 0.2) is 11.5 Å². The number of hydrogen-bond acceptors (Lipinski definition) is 5. The van der Waals surface area contributed by atoms with Gasteiger partial charge in [-0.15, -0.1) is 0 Å². The molecule has 130 valence electrons. The summed E-state index contributed by atoms with van der Waals surface area (Å²) >= 11 is 0. The van der Waals surface area contributed by atoms with Crippen molar-refractivity contribution in [1.29, 1.82) is 0 Å². The monoisotopic (exact) mass is 333 g/mol. The molecule has 1 saturated heterocycles. The maximum Gasteiger partial charge on any atom is 0.308 e. The maximum atomic E-state index is 12.3. The molecule has 0 saturated carbocycles. The maximum absolute atomic E-state index is 12.3. The zero-order valence-corrected chi connectivity index (χ0v) is 14.3. The van der Waals surface area contributed by atoms with E-state index in [2.05, 4.69) is 0 Å². The predicted octanol–water partition coefficient (Wildman–Crippen LogP) is 2.13. The van der Waals surface area contributed by atoms with E-state index in [1.807, 2.05) is 12.1 Å². The van der Waals surface area contributed by atoms with E-state index in [-0.39, 0.29) is 17.8 Å². The summed E-state index contributed by atoms with van der Waals surface area (Å²) < 4.78 is 15.2. The average Bonchev–Trinajstić information content (AvgIpc) is 2.65. The standard InChI is InChI=1S/C18H23NO5/c1-22-15-6-4-13(12-16(15)23-2)5-7-17(20)19-10-8-14(9-11-19)18(21)24-3/h4-7,12,14H,8-11H2,1-3H3. The molecule has 0 unspecified atom stereocenters. The zero-order chi connectivity index (χ0) is 17.5. The fourth-order valence-electron chi connectivity index (χ4n) is 2.73. The number of carbonyl (C=O) groups excluding carboxylic acids is 2. The van der Waals surface area contributed by atoms with Gasteiger partial charge in [0.05, 0.1) is 27.2 Å². The van der Waals surface area contributed by atoms with Crippen molar-refractivity contribution in [2.24, 2.45) is 5.92 Å². The lowest BCUT2D eigenvalue weighted by Gasteiger charge is -2.29. The van der Waals surface area contributed by atoms with Crippen molar-refractivity contribution in [1.82, 2.24) is 4.90 Å². The topological polar surface area (TPSA) is 65.1 Å². The number of ether oxygens (including phenoxy) is 3. The molecule has 1 aliphatic rings. The number of esters is 1. The Morgan fingerprint density at radius 2 is 1.75 bits per heavy atom. The number of rotatable bonds is 5. The number of nitrogens with zero attached hydrogens (tertiary/aromatic N) is 1. The molecule has 0 bridgehead atoms. The van der Waals surface area contributed by atoms with Crippen LogP contribution in [0.1, 0.15) is 18.4 Å². The zero-order valence-electron chi connectivity index (χ0n) is 14.3. The number of amides is 1. The highest BCUT2D eigenvalue weighted by atomic mass is 16.5. The minimum Gasteiger partial charge on any atom is -0.493 e. The fraction of sp³-hybridized carbons (Fsp3) is 0.444. The summed E-state index contributed by atoms with van der Waals surface area (Å²) in [5, 5.41) is 0. The molecular weight excluding hydrogens is 310 g/mol. The Bertz CT molecular complexity index is 618. The van der Waals surface area contributed by atoms with E-state index in [1.54, 1.807) is 37.3 Å². The third-order valence-corrected chi connectivity index (χ3v) is 4.17. The van der Waals surface area contributed by atoms with Crippen molar-refractivity contribution >= 4 is 18.0 Å². The van der Waals surface area contributed by atoms with Crippen LogP contribution in [0, 0.1) is 5.92 Å². The molecule has 0 aromatic heterocycles. The first kappa shape index (κ1) is 17.8. The number of carbonyl (C=O) groups is 2. The summed E-state index contributed by atoms with van der Waals surface area (Å²) in [5.41, 5.74) is 0.852. The van der Waals surface area contributed by atoms with Gasteiger partial charge in [-0.1, -0.05) is 6.07 Å². The van der Waals surface area contributed by atoms with Crippen LogP contribution < -0.4 is 9.47 Å². The molecular formula is C18H23NO5. The van der Waals surface area contributed by atoms with Gasteiger partial charge in [-0.05, 0) is 36.6 Å². The van der Waals surface area contributed by atoms with Gasteiger partial charge in [0, 0.05) is 19.2 Å². The highest BCUT2D eigenvalue weighted by Crippen LogP contribution is 2.28. The Morgan fingerprint density at radius 3 is 2.33 bits per heavy atom. The van der Waals surface area contributed by atoms with Crippen LogP contribution in [0.5, 0.6) is 11.5 Å². The highest BCUT2D eigenvalue weighted by molar-refractivity contribution is 5.92. The lowest BCUT2D eigenvalue weighted by atomic mass is 9.97. The molecule has 0 atom stereocenters. The third-order valence-electron chi connectivity index (χ3n) is 4.17. The van der Waals surface area contributed by atoms with Crippen molar-refractivity contribution in [2.75, 3.05) is 34.4 Å². The summed E-state index contributed by atoms with van der Waals surface area (Å²) in [6.07, 6.45) is 4.57. The molecule has 0 N–H and O–H groups in total. The average molecular weight is 333 g/mol. The molecule has 1 aromatic carbocycles. The third kappa shape index (κ3) is 4.28. The molecule has 0 radical (unpaired) electrons. The van der Waals surface area contributed by atoms with Gasteiger partial charge in [0.2, 0.25) is 5.91 Å². The van der Waals surface area contributed by atoms with Crippen molar-refractivity contribution in [2.45, 2.75) is 12.8 Å². The van der Waals surface area contributed by atoms with Gasteiger partial charge >= 0.3 is 5.97 Å². The molecule has 1 aliphatic heterocycles. The largest absolute Gasteiger partial charge is 0.493 e. The summed E-state index contributed by atoms with van der Waals surface area (Å²) in [6.45, 7) is 1.13.